The van der Waals surface area contributed by atoms with Crippen LogP contribution in [0.15, 0.2) is 48.6 Å². The van der Waals surface area contributed by atoms with Gasteiger partial charge in [0.05, 0.1) is 32.0 Å². The first kappa shape index (κ1) is 78.6. The fourth-order valence-corrected chi connectivity index (χ4v) is 11.1. The number of hydrogen-bond donors (Lipinski definition) is 6. The number of carbonyl (C=O) groups is 2. The number of carbonyl (C=O) groups excluding carboxylic acids is 2. The third-order valence-corrected chi connectivity index (χ3v) is 16.7. The highest BCUT2D eigenvalue weighted by Gasteiger charge is 2.44. The number of ether oxygens (including phenoxy) is 3. The second-order valence-corrected chi connectivity index (χ2v) is 24.6. The van der Waals surface area contributed by atoms with Gasteiger partial charge in [0, 0.05) is 12.8 Å². The lowest BCUT2D eigenvalue weighted by atomic mass is 9.99. The maximum Gasteiger partial charge on any atom is 0.305 e. The number of rotatable bonds is 62. The molecule has 0 aromatic heterocycles. The summed E-state index contributed by atoms with van der Waals surface area (Å²) in [4.78, 5) is 25.1. The van der Waals surface area contributed by atoms with Gasteiger partial charge >= 0.3 is 5.97 Å². The molecule has 1 saturated heterocycles. The second-order valence-electron chi connectivity index (χ2n) is 24.6. The van der Waals surface area contributed by atoms with E-state index in [-0.39, 0.29) is 18.5 Å². The molecule has 0 bridgehead atoms. The van der Waals surface area contributed by atoms with Crippen LogP contribution in [-0.4, -0.2) is 100 Å². The van der Waals surface area contributed by atoms with Gasteiger partial charge in [-0.05, 0) is 77.0 Å². The van der Waals surface area contributed by atoms with Crippen LogP contribution in [0, 0.1) is 0 Å². The number of aliphatic hydroxyl groups is 5. The Bertz CT molecular complexity index is 1520. The van der Waals surface area contributed by atoms with Crippen molar-refractivity contribution in [3.63, 3.8) is 0 Å². The van der Waals surface area contributed by atoms with E-state index in [0.717, 1.165) is 64.2 Å². The Morgan fingerprint density at radius 1 is 0.446 bits per heavy atom. The molecule has 11 heteroatoms. The van der Waals surface area contributed by atoms with Gasteiger partial charge in [-0.2, -0.15) is 0 Å². The summed E-state index contributed by atoms with van der Waals surface area (Å²) >= 11 is 0. The van der Waals surface area contributed by atoms with Gasteiger partial charge in [-0.15, -0.1) is 0 Å². The molecule has 7 unspecified atom stereocenters. The second kappa shape index (κ2) is 61.3. The van der Waals surface area contributed by atoms with Gasteiger partial charge in [0.2, 0.25) is 5.91 Å². The van der Waals surface area contributed by atoms with Gasteiger partial charge in [0.15, 0.2) is 6.29 Å². The summed E-state index contributed by atoms with van der Waals surface area (Å²) in [6, 6.07) is -0.826. The van der Waals surface area contributed by atoms with Gasteiger partial charge in [0.25, 0.3) is 0 Å². The molecule has 0 radical (unpaired) electrons. The Labute approximate surface area is 510 Å². The topological polar surface area (TPSA) is 175 Å². The van der Waals surface area contributed by atoms with Crippen molar-refractivity contribution in [1.82, 2.24) is 5.32 Å². The number of esters is 1. The van der Waals surface area contributed by atoms with E-state index in [1.54, 1.807) is 6.08 Å². The molecule has 0 aromatic carbocycles. The smallest absolute Gasteiger partial charge is 0.305 e. The van der Waals surface area contributed by atoms with Crippen LogP contribution in [0.3, 0.4) is 0 Å². The summed E-state index contributed by atoms with van der Waals surface area (Å²) in [5, 5.41) is 54.4. The lowest BCUT2D eigenvalue weighted by molar-refractivity contribution is -0.302. The Morgan fingerprint density at radius 3 is 1.27 bits per heavy atom. The minimum absolute atomic E-state index is 0.00637. The molecule has 1 rings (SSSR count). The Hall–Kier alpha value is -2.38. The molecule has 1 amide bonds. The molecule has 7 atom stereocenters. The van der Waals surface area contributed by atoms with Gasteiger partial charge in [-0.3, -0.25) is 9.59 Å². The van der Waals surface area contributed by atoms with E-state index < -0.39 is 49.5 Å². The van der Waals surface area contributed by atoms with Crippen molar-refractivity contribution in [2.75, 3.05) is 19.8 Å². The van der Waals surface area contributed by atoms with Crippen molar-refractivity contribution in [3.05, 3.63) is 48.6 Å². The van der Waals surface area contributed by atoms with Crippen LogP contribution in [0.5, 0.6) is 0 Å². The van der Waals surface area contributed by atoms with Crippen molar-refractivity contribution >= 4 is 11.9 Å². The highest BCUT2D eigenvalue weighted by molar-refractivity contribution is 5.76. The van der Waals surface area contributed by atoms with Crippen LogP contribution in [-0.2, 0) is 23.8 Å². The third kappa shape index (κ3) is 50.3. The normalized spacial score (nSPS) is 18.4. The van der Waals surface area contributed by atoms with Crippen LogP contribution < -0.4 is 5.32 Å². The number of nitrogens with one attached hydrogen (secondary N) is 1. The van der Waals surface area contributed by atoms with Gasteiger partial charge in [0.1, 0.15) is 24.4 Å². The Kier molecular flexibility index (Phi) is 58.0. The largest absolute Gasteiger partial charge is 0.466 e. The predicted molar refractivity (Wildman–Crippen MR) is 347 cm³/mol. The lowest BCUT2D eigenvalue weighted by Crippen LogP contribution is -2.60. The maximum absolute atomic E-state index is 13.0. The minimum Gasteiger partial charge on any atom is -0.466 e. The molecule has 0 aromatic rings. The van der Waals surface area contributed by atoms with Crippen molar-refractivity contribution < 1.29 is 49.3 Å². The van der Waals surface area contributed by atoms with Gasteiger partial charge in [-0.25, -0.2) is 0 Å². The van der Waals surface area contributed by atoms with E-state index in [1.165, 1.54) is 244 Å². The Balaban J connectivity index is 1.95. The number of amides is 1. The standard InChI is InChI=1S/C72H133NO10/c1-3-5-7-9-11-13-38-42-46-50-54-58-65(75)64(63-82-72-71(80)70(79)69(78)66(62-74)83-72)73-67(76)59-55-51-47-43-40-36-34-32-30-28-26-24-22-20-18-16-15-17-19-21-23-25-27-29-31-33-35-37-41-45-49-53-57-61-81-68(77)60-56-52-48-44-39-14-12-10-8-6-4-2/h19,21,25,27,38,42,54,58,64-66,69-72,74-75,78-80H,3-18,20,22-24,26,28-37,39-41,43-53,55-57,59-63H2,1-2H3,(H,73,76)/b21-19-,27-25-,42-38+,58-54+. The van der Waals surface area contributed by atoms with E-state index in [1.807, 2.05) is 6.08 Å². The number of unbranched alkanes of at least 4 members (excludes halogenated alkanes) is 42. The fraction of sp³-hybridized carbons (Fsp3) is 0.861. The lowest BCUT2D eigenvalue weighted by Gasteiger charge is -2.40. The summed E-state index contributed by atoms with van der Waals surface area (Å²) in [7, 11) is 0. The van der Waals surface area contributed by atoms with Crippen LogP contribution in [0.1, 0.15) is 335 Å². The molecule has 6 N–H and O–H groups in total. The summed E-state index contributed by atoms with van der Waals surface area (Å²) in [6.07, 6.45) is 69.7. The number of hydrogen-bond acceptors (Lipinski definition) is 10. The monoisotopic (exact) mass is 1170 g/mol. The molecular formula is C72H133NO10. The fourth-order valence-electron chi connectivity index (χ4n) is 11.1. The van der Waals surface area contributed by atoms with Gasteiger partial charge in [-0.1, -0.05) is 294 Å². The first-order chi connectivity index (χ1) is 40.7. The van der Waals surface area contributed by atoms with E-state index in [4.69, 9.17) is 14.2 Å². The summed E-state index contributed by atoms with van der Waals surface area (Å²) in [6.45, 7) is 4.32. The molecular weight excluding hydrogens is 1040 g/mol. The first-order valence-corrected chi connectivity index (χ1v) is 35.4. The van der Waals surface area contributed by atoms with Gasteiger partial charge < -0.3 is 45.1 Å². The quantitative estimate of drug-likeness (QED) is 0.0195. The maximum atomic E-state index is 13.0. The summed E-state index contributed by atoms with van der Waals surface area (Å²) < 4.78 is 16.7. The average Bonchev–Trinajstić information content (AvgIpc) is 3.68. The number of allylic oxidation sites excluding steroid dienone is 7. The van der Waals surface area contributed by atoms with Crippen molar-refractivity contribution in [2.24, 2.45) is 0 Å². The third-order valence-electron chi connectivity index (χ3n) is 16.7. The molecule has 1 fully saturated rings. The highest BCUT2D eigenvalue weighted by Crippen LogP contribution is 2.23. The van der Waals surface area contributed by atoms with Crippen LogP contribution in [0.2, 0.25) is 0 Å². The van der Waals surface area contributed by atoms with E-state index in [9.17, 15) is 35.1 Å². The zero-order chi connectivity index (χ0) is 60.2. The molecule has 0 spiro atoms. The minimum atomic E-state index is -1.58. The van der Waals surface area contributed by atoms with Crippen LogP contribution >= 0.6 is 0 Å². The van der Waals surface area contributed by atoms with Crippen molar-refractivity contribution in [1.29, 1.82) is 0 Å². The number of aliphatic hydroxyl groups excluding tert-OH is 5. The molecule has 486 valence electrons. The highest BCUT2D eigenvalue weighted by atomic mass is 16.7. The molecule has 1 heterocycles. The van der Waals surface area contributed by atoms with Crippen LogP contribution in [0.4, 0.5) is 0 Å². The molecule has 11 nitrogen and oxygen atoms in total. The zero-order valence-electron chi connectivity index (χ0n) is 53.9. The zero-order valence-corrected chi connectivity index (χ0v) is 53.9. The van der Waals surface area contributed by atoms with E-state index in [2.05, 4.69) is 55.6 Å². The Morgan fingerprint density at radius 2 is 0.819 bits per heavy atom. The van der Waals surface area contributed by atoms with Crippen molar-refractivity contribution in [2.45, 2.75) is 378 Å². The first-order valence-electron chi connectivity index (χ1n) is 35.4. The summed E-state index contributed by atoms with van der Waals surface area (Å²) in [5.74, 6) is -0.184. The van der Waals surface area contributed by atoms with E-state index in [0.29, 0.717) is 19.4 Å². The SMILES string of the molecule is CCCCCCC/C=C/CC/C=C/C(O)C(COC1OC(CO)C(O)C(O)C1O)NC(=O)CCCCCCCCCCCCCCCCCCC/C=C\C/C=C\CCCCCCCCCCCOC(=O)CCCCCCCCCCCCC. The van der Waals surface area contributed by atoms with Crippen LogP contribution in [0.25, 0.3) is 0 Å². The molecule has 0 aliphatic carbocycles. The average molecular weight is 1170 g/mol. The molecule has 1 aliphatic heterocycles. The van der Waals surface area contributed by atoms with Crippen molar-refractivity contribution in [3.8, 4) is 0 Å². The van der Waals surface area contributed by atoms with E-state index >= 15 is 0 Å². The molecule has 83 heavy (non-hydrogen) atoms. The molecule has 1 aliphatic rings. The summed E-state index contributed by atoms with van der Waals surface area (Å²) in [5.41, 5.74) is 0. The predicted octanol–water partition coefficient (Wildman–Crippen LogP) is 18.0. The molecule has 0 saturated carbocycles.